The van der Waals surface area contributed by atoms with Crippen LogP contribution in [0.3, 0.4) is 0 Å². The Hall–Kier alpha value is -2.24. The van der Waals surface area contributed by atoms with E-state index in [4.69, 9.17) is 12.2 Å². The Bertz CT molecular complexity index is 851. The van der Waals surface area contributed by atoms with Crippen LogP contribution < -0.4 is 0 Å². The minimum Gasteiger partial charge on any atom is -0.280 e. The molecule has 0 saturated heterocycles. The van der Waals surface area contributed by atoms with E-state index in [2.05, 4.69) is 60.2 Å². The van der Waals surface area contributed by atoms with E-state index in [1.807, 2.05) is 27.4 Å². The summed E-state index contributed by atoms with van der Waals surface area (Å²) in [5.41, 5.74) is 3.56. The quantitative estimate of drug-likeness (QED) is 0.630. The number of para-hydroxylation sites is 1. The lowest BCUT2D eigenvalue weighted by atomic mass is 10.2. The van der Waals surface area contributed by atoms with Crippen LogP contribution in [0.1, 0.15) is 18.1 Å². The van der Waals surface area contributed by atoms with Crippen LogP contribution in [0.5, 0.6) is 0 Å². The average molecular weight is 338 g/mol. The molecular weight excluding hydrogens is 316 g/mol. The van der Waals surface area contributed by atoms with Crippen LogP contribution in [0.4, 0.5) is 0 Å². The molecule has 5 heteroatoms. The second-order valence-electron chi connectivity index (χ2n) is 5.84. The first kappa shape index (κ1) is 16.6. The van der Waals surface area contributed by atoms with E-state index in [0.717, 1.165) is 23.5 Å². The van der Waals surface area contributed by atoms with Gasteiger partial charge in [0.2, 0.25) is 4.77 Å². The number of aryl methyl sites for hydroxylation is 1. The molecule has 0 spiro atoms. The van der Waals surface area contributed by atoms with Gasteiger partial charge in [0.25, 0.3) is 0 Å². The van der Waals surface area contributed by atoms with Crippen LogP contribution in [0, 0.1) is 11.7 Å². The molecule has 124 valence electrons. The molecule has 2 aromatic carbocycles. The standard InChI is InChI=1S/C19H22N4S/c1-3-21(13-17-10-5-4-6-11-17)15-23-19(24)22(14-20-23)18-12-8-7-9-16(18)2/h4-12,14H,3,13,15H2,1-2H3. The monoisotopic (exact) mass is 338 g/mol. The van der Waals surface area contributed by atoms with E-state index in [-0.39, 0.29) is 0 Å². The first-order valence-electron chi connectivity index (χ1n) is 8.15. The van der Waals surface area contributed by atoms with Gasteiger partial charge in [0.05, 0.1) is 12.4 Å². The van der Waals surface area contributed by atoms with Gasteiger partial charge in [0.15, 0.2) is 0 Å². The first-order valence-corrected chi connectivity index (χ1v) is 8.56. The fraction of sp³-hybridized carbons (Fsp3) is 0.263. The van der Waals surface area contributed by atoms with Gasteiger partial charge in [-0.3, -0.25) is 9.47 Å². The molecular formula is C19H22N4S. The molecule has 0 aliphatic heterocycles. The second kappa shape index (κ2) is 7.55. The molecule has 0 N–H and O–H groups in total. The third-order valence-corrected chi connectivity index (χ3v) is 4.55. The van der Waals surface area contributed by atoms with Gasteiger partial charge in [0.1, 0.15) is 6.33 Å². The van der Waals surface area contributed by atoms with E-state index in [1.165, 1.54) is 11.1 Å². The molecule has 4 nitrogen and oxygen atoms in total. The fourth-order valence-electron chi connectivity index (χ4n) is 2.73. The Labute approximate surface area is 148 Å². The molecule has 0 amide bonds. The van der Waals surface area contributed by atoms with E-state index in [1.54, 1.807) is 6.33 Å². The Morgan fingerprint density at radius 3 is 2.46 bits per heavy atom. The van der Waals surface area contributed by atoms with E-state index >= 15 is 0 Å². The molecule has 0 saturated carbocycles. The summed E-state index contributed by atoms with van der Waals surface area (Å²) in [7, 11) is 0. The number of aromatic nitrogens is 3. The predicted molar refractivity (Wildman–Crippen MR) is 99.7 cm³/mol. The zero-order chi connectivity index (χ0) is 16.9. The van der Waals surface area contributed by atoms with Crippen molar-refractivity contribution in [3.8, 4) is 5.69 Å². The molecule has 24 heavy (non-hydrogen) atoms. The zero-order valence-corrected chi connectivity index (χ0v) is 14.9. The summed E-state index contributed by atoms with van der Waals surface area (Å²) in [6.45, 7) is 6.75. The molecule has 1 aromatic heterocycles. The maximum Gasteiger partial charge on any atom is 0.203 e. The van der Waals surface area contributed by atoms with Crippen molar-refractivity contribution in [1.82, 2.24) is 19.2 Å². The molecule has 3 aromatic rings. The zero-order valence-electron chi connectivity index (χ0n) is 14.1. The molecule has 0 bridgehead atoms. The Morgan fingerprint density at radius 2 is 1.75 bits per heavy atom. The van der Waals surface area contributed by atoms with Crippen LogP contribution >= 0.6 is 12.2 Å². The highest BCUT2D eigenvalue weighted by Gasteiger charge is 2.09. The smallest absolute Gasteiger partial charge is 0.203 e. The van der Waals surface area contributed by atoms with Gasteiger partial charge in [-0.15, -0.1) is 0 Å². The fourth-order valence-corrected chi connectivity index (χ4v) is 2.98. The Kier molecular flexibility index (Phi) is 5.23. The predicted octanol–water partition coefficient (Wildman–Crippen LogP) is 4.19. The van der Waals surface area contributed by atoms with Gasteiger partial charge >= 0.3 is 0 Å². The van der Waals surface area contributed by atoms with Crippen LogP contribution in [-0.4, -0.2) is 25.8 Å². The topological polar surface area (TPSA) is 26.0 Å². The van der Waals surface area contributed by atoms with Crippen LogP contribution in [0.15, 0.2) is 60.9 Å². The maximum absolute atomic E-state index is 5.63. The third-order valence-electron chi connectivity index (χ3n) is 4.14. The van der Waals surface area contributed by atoms with Gasteiger partial charge < -0.3 is 0 Å². The molecule has 0 fully saturated rings. The van der Waals surface area contributed by atoms with Crippen LogP contribution in [-0.2, 0) is 13.2 Å². The van der Waals surface area contributed by atoms with Crippen molar-refractivity contribution < 1.29 is 0 Å². The summed E-state index contributed by atoms with van der Waals surface area (Å²) in [6, 6.07) is 18.7. The lowest BCUT2D eigenvalue weighted by Gasteiger charge is -2.20. The lowest BCUT2D eigenvalue weighted by Crippen LogP contribution is -2.26. The summed E-state index contributed by atoms with van der Waals surface area (Å²) in [5.74, 6) is 0. The molecule has 0 radical (unpaired) electrons. The minimum atomic E-state index is 0.684. The van der Waals surface area contributed by atoms with Gasteiger partial charge in [-0.2, -0.15) is 5.10 Å². The van der Waals surface area contributed by atoms with Gasteiger partial charge in [-0.1, -0.05) is 55.5 Å². The number of hydrogen-bond acceptors (Lipinski definition) is 3. The van der Waals surface area contributed by atoms with E-state index in [0.29, 0.717) is 6.67 Å². The molecule has 3 rings (SSSR count). The molecule has 0 atom stereocenters. The normalized spacial score (nSPS) is 11.1. The largest absolute Gasteiger partial charge is 0.280 e. The first-order chi connectivity index (χ1) is 11.7. The summed E-state index contributed by atoms with van der Waals surface area (Å²) < 4.78 is 4.57. The van der Waals surface area contributed by atoms with E-state index in [9.17, 15) is 0 Å². The highest BCUT2D eigenvalue weighted by molar-refractivity contribution is 7.71. The van der Waals surface area contributed by atoms with Crippen molar-refractivity contribution in [2.24, 2.45) is 0 Å². The number of rotatable bonds is 6. The van der Waals surface area contributed by atoms with Crippen LogP contribution in [0.25, 0.3) is 5.69 Å². The van der Waals surface area contributed by atoms with Crippen molar-refractivity contribution in [2.45, 2.75) is 27.1 Å². The van der Waals surface area contributed by atoms with Crippen molar-refractivity contribution in [3.63, 3.8) is 0 Å². The average Bonchev–Trinajstić information content (AvgIpc) is 2.96. The SMILES string of the molecule is CCN(Cc1ccccc1)Cn1ncn(-c2ccccc2C)c1=S. The number of hydrogen-bond donors (Lipinski definition) is 0. The minimum absolute atomic E-state index is 0.684. The summed E-state index contributed by atoms with van der Waals surface area (Å²) in [5, 5.41) is 4.50. The number of nitrogens with zero attached hydrogens (tertiary/aromatic N) is 4. The summed E-state index contributed by atoms with van der Waals surface area (Å²) in [6.07, 6.45) is 1.81. The number of benzene rings is 2. The molecule has 1 heterocycles. The Balaban J connectivity index is 1.81. The van der Waals surface area contributed by atoms with Gasteiger partial charge in [-0.05, 0) is 42.9 Å². The van der Waals surface area contributed by atoms with Crippen molar-refractivity contribution in [1.29, 1.82) is 0 Å². The summed E-state index contributed by atoms with van der Waals surface area (Å²) in [4.78, 5) is 2.32. The van der Waals surface area contributed by atoms with E-state index < -0.39 is 0 Å². The molecule has 0 aliphatic carbocycles. The highest BCUT2D eigenvalue weighted by atomic mass is 32.1. The third kappa shape index (κ3) is 3.63. The van der Waals surface area contributed by atoms with Crippen molar-refractivity contribution in [2.75, 3.05) is 6.54 Å². The Morgan fingerprint density at radius 1 is 1.04 bits per heavy atom. The molecule has 0 unspecified atom stereocenters. The maximum atomic E-state index is 5.63. The highest BCUT2D eigenvalue weighted by Crippen LogP contribution is 2.14. The van der Waals surface area contributed by atoms with Crippen LogP contribution in [0.2, 0.25) is 0 Å². The second-order valence-corrected chi connectivity index (χ2v) is 6.21. The summed E-state index contributed by atoms with van der Waals surface area (Å²) >= 11 is 5.63. The molecule has 0 aliphatic rings. The van der Waals surface area contributed by atoms with Crippen molar-refractivity contribution >= 4 is 12.2 Å². The van der Waals surface area contributed by atoms with Crippen molar-refractivity contribution in [3.05, 3.63) is 76.8 Å². The van der Waals surface area contributed by atoms with Gasteiger partial charge in [-0.25, -0.2) is 4.68 Å². The van der Waals surface area contributed by atoms with Gasteiger partial charge in [0, 0.05) is 6.54 Å². The lowest BCUT2D eigenvalue weighted by molar-refractivity contribution is 0.207.